The molecule has 4 N–H and O–H groups in total. The lowest BCUT2D eigenvalue weighted by Gasteiger charge is -2.16. The summed E-state index contributed by atoms with van der Waals surface area (Å²) in [7, 11) is 0. The van der Waals surface area contributed by atoms with Gasteiger partial charge in [-0.25, -0.2) is 9.59 Å². The Morgan fingerprint density at radius 2 is 1.48 bits per heavy atom. The predicted octanol–water partition coefficient (Wildman–Crippen LogP) is 3.84. The number of nitrogens with one attached hydrogen (secondary N) is 4. The molecule has 1 aromatic carbocycles. The first-order valence-corrected chi connectivity index (χ1v) is 8.11. The average molecular weight is 320 g/mol. The molecule has 0 fully saturated rings. The van der Waals surface area contributed by atoms with Gasteiger partial charge in [-0.05, 0) is 51.3 Å². The van der Waals surface area contributed by atoms with Crippen molar-refractivity contribution in [2.24, 2.45) is 0 Å². The Balaban J connectivity index is 2.71. The first kappa shape index (κ1) is 18.8. The number of hydrogen-bond acceptors (Lipinski definition) is 2. The molecule has 1 aromatic rings. The molecule has 4 amide bonds. The van der Waals surface area contributed by atoms with Gasteiger partial charge in [-0.3, -0.25) is 0 Å². The SMILES string of the molecule is CC[C@@H](C)NC(=O)Nc1ccc(C)c(NC(=O)N[C@H](C)CC)c1. The quantitative estimate of drug-likeness (QED) is 0.642. The van der Waals surface area contributed by atoms with Gasteiger partial charge in [-0.2, -0.15) is 0 Å². The van der Waals surface area contributed by atoms with E-state index < -0.39 is 0 Å². The number of amides is 4. The van der Waals surface area contributed by atoms with Crippen LogP contribution in [0.25, 0.3) is 0 Å². The first-order chi connectivity index (χ1) is 10.8. The Hall–Kier alpha value is -2.24. The zero-order valence-corrected chi connectivity index (χ0v) is 14.6. The van der Waals surface area contributed by atoms with Gasteiger partial charge in [-0.1, -0.05) is 19.9 Å². The highest BCUT2D eigenvalue weighted by Gasteiger charge is 2.10. The van der Waals surface area contributed by atoms with Gasteiger partial charge >= 0.3 is 12.1 Å². The lowest BCUT2D eigenvalue weighted by atomic mass is 10.2. The maximum absolute atomic E-state index is 11.9. The molecule has 6 nitrogen and oxygen atoms in total. The van der Waals surface area contributed by atoms with Gasteiger partial charge in [0.15, 0.2) is 0 Å². The number of benzene rings is 1. The summed E-state index contributed by atoms with van der Waals surface area (Å²) in [5, 5.41) is 11.3. The van der Waals surface area contributed by atoms with Crippen molar-refractivity contribution in [3.05, 3.63) is 23.8 Å². The predicted molar refractivity (Wildman–Crippen MR) is 95.0 cm³/mol. The topological polar surface area (TPSA) is 82.3 Å². The van der Waals surface area contributed by atoms with Crippen LogP contribution in [0.1, 0.15) is 46.1 Å². The van der Waals surface area contributed by atoms with E-state index in [0.717, 1.165) is 18.4 Å². The summed E-state index contributed by atoms with van der Waals surface area (Å²) in [6, 6.07) is 5.14. The molecule has 128 valence electrons. The summed E-state index contributed by atoms with van der Waals surface area (Å²) < 4.78 is 0. The lowest BCUT2D eigenvalue weighted by Crippen LogP contribution is -2.36. The van der Waals surface area contributed by atoms with Crippen LogP contribution in [-0.4, -0.2) is 24.1 Å². The minimum atomic E-state index is -0.252. The highest BCUT2D eigenvalue weighted by Crippen LogP contribution is 2.20. The Morgan fingerprint density at radius 1 is 0.957 bits per heavy atom. The minimum Gasteiger partial charge on any atom is -0.335 e. The highest BCUT2D eigenvalue weighted by molar-refractivity contribution is 5.93. The molecule has 0 heterocycles. The second-order valence-electron chi connectivity index (χ2n) is 5.85. The Bertz CT molecular complexity index is 545. The van der Waals surface area contributed by atoms with E-state index in [1.807, 2.05) is 46.8 Å². The van der Waals surface area contributed by atoms with Crippen LogP contribution in [0.5, 0.6) is 0 Å². The van der Waals surface area contributed by atoms with E-state index in [-0.39, 0.29) is 24.1 Å². The van der Waals surface area contributed by atoms with Crippen LogP contribution >= 0.6 is 0 Å². The van der Waals surface area contributed by atoms with Crippen molar-refractivity contribution in [1.82, 2.24) is 10.6 Å². The lowest BCUT2D eigenvalue weighted by molar-refractivity contribution is 0.248. The molecular weight excluding hydrogens is 292 g/mol. The molecule has 0 aliphatic carbocycles. The van der Waals surface area contributed by atoms with Crippen molar-refractivity contribution >= 4 is 23.4 Å². The van der Waals surface area contributed by atoms with Gasteiger partial charge in [0.2, 0.25) is 0 Å². The van der Waals surface area contributed by atoms with Crippen LogP contribution in [0.3, 0.4) is 0 Å². The summed E-state index contributed by atoms with van der Waals surface area (Å²) in [5.74, 6) is 0. The normalized spacial score (nSPS) is 12.9. The van der Waals surface area contributed by atoms with E-state index >= 15 is 0 Å². The van der Waals surface area contributed by atoms with Gasteiger partial charge in [0.1, 0.15) is 0 Å². The second kappa shape index (κ2) is 9.02. The first-order valence-electron chi connectivity index (χ1n) is 8.11. The van der Waals surface area contributed by atoms with Crippen LogP contribution in [0.4, 0.5) is 21.0 Å². The van der Waals surface area contributed by atoms with Crippen molar-refractivity contribution < 1.29 is 9.59 Å². The minimum absolute atomic E-state index is 0.109. The van der Waals surface area contributed by atoms with E-state index in [1.165, 1.54) is 0 Å². The second-order valence-corrected chi connectivity index (χ2v) is 5.85. The van der Waals surface area contributed by atoms with E-state index in [0.29, 0.717) is 11.4 Å². The number of hydrogen-bond donors (Lipinski definition) is 4. The summed E-state index contributed by atoms with van der Waals surface area (Å²) >= 11 is 0. The smallest absolute Gasteiger partial charge is 0.319 e. The van der Waals surface area contributed by atoms with Crippen molar-refractivity contribution in [1.29, 1.82) is 0 Å². The third kappa shape index (κ3) is 6.59. The van der Waals surface area contributed by atoms with Gasteiger partial charge in [0, 0.05) is 23.5 Å². The van der Waals surface area contributed by atoms with Gasteiger partial charge in [-0.15, -0.1) is 0 Å². The zero-order chi connectivity index (χ0) is 17.4. The number of carbonyl (C=O) groups is 2. The number of rotatable bonds is 6. The van der Waals surface area contributed by atoms with Crippen molar-refractivity contribution in [2.75, 3.05) is 10.6 Å². The molecule has 0 bridgehead atoms. The average Bonchev–Trinajstić information content (AvgIpc) is 2.50. The third-order valence-corrected chi connectivity index (χ3v) is 3.72. The maximum atomic E-state index is 11.9. The number of aryl methyl sites for hydroxylation is 1. The van der Waals surface area contributed by atoms with Crippen molar-refractivity contribution in [2.45, 2.75) is 59.5 Å². The maximum Gasteiger partial charge on any atom is 0.319 e. The molecule has 0 radical (unpaired) electrons. The summed E-state index contributed by atoms with van der Waals surface area (Å²) in [4.78, 5) is 23.8. The molecule has 0 spiro atoms. The molecule has 0 aromatic heterocycles. The molecule has 23 heavy (non-hydrogen) atoms. The van der Waals surface area contributed by atoms with Crippen LogP contribution in [-0.2, 0) is 0 Å². The number of anilines is 2. The fourth-order valence-electron chi connectivity index (χ4n) is 1.81. The molecule has 6 heteroatoms. The summed E-state index contributed by atoms with van der Waals surface area (Å²) in [6.45, 7) is 9.82. The van der Waals surface area contributed by atoms with Gasteiger partial charge < -0.3 is 21.3 Å². The molecule has 0 saturated heterocycles. The van der Waals surface area contributed by atoms with Gasteiger partial charge in [0.05, 0.1) is 0 Å². The molecular formula is C17H28N4O2. The highest BCUT2D eigenvalue weighted by atomic mass is 16.2. The van der Waals surface area contributed by atoms with E-state index in [4.69, 9.17) is 0 Å². The van der Waals surface area contributed by atoms with Crippen LogP contribution < -0.4 is 21.3 Å². The molecule has 2 atom stereocenters. The van der Waals surface area contributed by atoms with Crippen LogP contribution in [0.2, 0.25) is 0 Å². The number of urea groups is 2. The van der Waals surface area contributed by atoms with Crippen molar-refractivity contribution in [3.8, 4) is 0 Å². The third-order valence-electron chi connectivity index (χ3n) is 3.72. The molecule has 0 unspecified atom stereocenters. The van der Waals surface area contributed by atoms with E-state index in [9.17, 15) is 9.59 Å². The summed E-state index contributed by atoms with van der Waals surface area (Å²) in [6.07, 6.45) is 1.73. The van der Waals surface area contributed by atoms with Crippen LogP contribution in [0.15, 0.2) is 18.2 Å². The number of carbonyl (C=O) groups excluding carboxylic acids is 2. The Labute approximate surface area is 138 Å². The summed E-state index contributed by atoms with van der Waals surface area (Å²) in [5.41, 5.74) is 2.24. The van der Waals surface area contributed by atoms with Crippen LogP contribution in [0, 0.1) is 6.92 Å². The molecule has 1 rings (SSSR count). The fourth-order valence-corrected chi connectivity index (χ4v) is 1.81. The fraction of sp³-hybridized carbons (Fsp3) is 0.529. The van der Waals surface area contributed by atoms with E-state index in [2.05, 4.69) is 21.3 Å². The molecule has 0 aliphatic heterocycles. The van der Waals surface area contributed by atoms with Gasteiger partial charge in [0.25, 0.3) is 0 Å². The standard InChI is InChI=1S/C17H28N4O2/c1-6-12(4)18-16(22)20-14-9-8-11(3)15(10-14)21-17(23)19-13(5)7-2/h8-10,12-13H,6-7H2,1-5H3,(H2,18,20,22)(H2,19,21,23)/t12-,13-/m1/s1. The zero-order valence-electron chi connectivity index (χ0n) is 14.6. The largest absolute Gasteiger partial charge is 0.335 e. The monoisotopic (exact) mass is 320 g/mol. The Kier molecular flexibility index (Phi) is 7.38. The van der Waals surface area contributed by atoms with E-state index in [1.54, 1.807) is 6.07 Å². The molecule has 0 aliphatic rings. The Morgan fingerprint density at radius 3 is 2.00 bits per heavy atom. The van der Waals surface area contributed by atoms with Crippen molar-refractivity contribution in [3.63, 3.8) is 0 Å². The molecule has 0 saturated carbocycles.